The summed E-state index contributed by atoms with van der Waals surface area (Å²) >= 11 is 0. The van der Waals surface area contributed by atoms with Gasteiger partial charge in [-0.1, -0.05) is 0 Å². The Morgan fingerprint density at radius 2 is 2.15 bits per heavy atom. The van der Waals surface area contributed by atoms with Gasteiger partial charge in [0.15, 0.2) is 11.6 Å². The average Bonchev–Trinajstić information content (AvgIpc) is 2.11. The molecule has 0 aliphatic heterocycles. The molecule has 69 valence electrons. The normalized spacial score (nSPS) is 9.69. The zero-order valence-corrected chi connectivity index (χ0v) is 6.72. The van der Waals surface area contributed by atoms with Crippen molar-refractivity contribution in [1.29, 1.82) is 0 Å². The van der Waals surface area contributed by atoms with Crippen molar-refractivity contribution in [3.05, 3.63) is 29.8 Å². The standard InChI is InChI=1S/C9H7F2O2/c10-7-2-3-8(11)9(6-7)13-5-1-4-12/h2-3,6H,1,5H2. The fourth-order valence-corrected chi connectivity index (χ4v) is 0.790. The summed E-state index contributed by atoms with van der Waals surface area (Å²) in [5.74, 6) is -1.41. The Hall–Kier alpha value is -1.45. The van der Waals surface area contributed by atoms with Crippen LogP contribution in [0.3, 0.4) is 0 Å². The van der Waals surface area contributed by atoms with E-state index in [2.05, 4.69) is 0 Å². The molecule has 4 heteroatoms. The van der Waals surface area contributed by atoms with Crippen molar-refractivity contribution in [2.24, 2.45) is 0 Å². The zero-order chi connectivity index (χ0) is 9.68. The molecule has 1 aromatic rings. The number of hydrogen-bond donors (Lipinski definition) is 0. The Kier molecular flexibility index (Phi) is 3.37. The molecule has 1 radical (unpaired) electrons. The van der Waals surface area contributed by atoms with Crippen LogP contribution in [0.2, 0.25) is 0 Å². The molecule has 0 atom stereocenters. The molecule has 13 heavy (non-hydrogen) atoms. The highest BCUT2D eigenvalue weighted by Crippen LogP contribution is 2.17. The summed E-state index contributed by atoms with van der Waals surface area (Å²) in [4.78, 5) is 9.77. The Morgan fingerprint density at radius 1 is 1.38 bits per heavy atom. The van der Waals surface area contributed by atoms with Gasteiger partial charge in [-0.2, -0.15) is 0 Å². The van der Waals surface area contributed by atoms with Gasteiger partial charge in [-0.25, -0.2) is 8.78 Å². The molecule has 0 N–H and O–H groups in total. The van der Waals surface area contributed by atoms with E-state index in [0.29, 0.717) is 0 Å². The Bertz CT molecular complexity index is 300. The fraction of sp³-hybridized carbons (Fsp3) is 0.222. The van der Waals surface area contributed by atoms with Gasteiger partial charge in [-0.05, 0) is 12.1 Å². The second-order valence-corrected chi connectivity index (χ2v) is 2.32. The quantitative estimate of drug-likeness (QED) is 0.669. The maximum Gasteiger partial charge on any atom is 0.201 e. The zero-order valence-electron chi connectivity index (χ0n) is 6.72. The molecule has 0 aliphatic carbocycles. The van der Waals surface area contributed by atoms with Crippen LogP contribution < -0.4 is 4.74 Å². The number of rotatable bonds is 4. The topological polar surface area (TPSA) is 26.3 Å². The summed E-state index contributed by atoms with van der Waals surface area (Å²) in [6, 6.07) is 2.89. The van der Waals surface area contributed by atoms with Gasteiger partial charge in [0.05, 0.1) is 6.61 Å². The Morgan fingerprint density at radius 3 is 2.85 bits per heavy atom. The smallest absolute Gasteiger partial charge is 0.201 e. The number of carbonyl (C=O) groups excluding carboxylic acids is 1. The lowest BCUT2D eigenvalue weighted by molar-refractivity contribution is 0.307. The van der Waals surface area contributed by atoms with Crippen LogP contribution >= 0.6 is 0 Å². The Balaban J connectivity index is 2.64. The summed E-state index contributed by atoms with van der Waals surface area (Å²) in [5.41, 5.74) is 0. The lowest BCUT2D eigenvalue weighted by Gasteiger charge is -2.04. The van der Waals surface area contributed by atoms with Crippen molar-refractivity contribution >= 4 is 6.29 Å². The van der Waals surface area contributed by atoms with Crippen LogP contribution in [-0.2, 0) is 4.79 Å². The maximum atomic E-state index is 12.8. The molecule has 2 nitrogen and oxygen atoms in total. The third-order valence-corrected chi connectivity index (χ3v) is 1.35. The van der Waals surface area contributed by atoms with Gasteiger partial charge in [0, 0.05) is 12.5 Å². The van der Waals surface area contributed by atoms with E-state index < -0.39 is 11.6 Å². The number of halogens is 2. The molecule has 0 unspecified atom stereocenters. The first-order chi connectivity index (χ1) is 6.24. The highest BCUT2D eigenvalue weighted by atomic mass is 19.1. The molecule has 0 aromatic heterocycles. The minimum absolute atomic E-state index is 0.00384. The molecular formula is C9H7F2O2. The number of hydrogen-bond acceptors (Lipinski definition) is 2. The Labute approximate surface area is 74.1 Å². The minimum Gasteiger partial charge on any atom is -0.490 e. The second-order valence-electron chi connectivity index (χ2n) is 2.32. The monoisotopic (exact) mass is 185 g/mol. The van der Waals surface area contributed by atoms with Crippen LogP contribution in [0.5, 0.6) is 5.75 Å². The van der Waals surface area contributed by atoms with Crippen molar-refractivity contribution in [1.82, 2.24) is 0 Å². The van der Waals surface area contributed by atoms with E-state index in [0.717, 1.165) is 18.2 Å². The molecule has 0 saturated carbocycles. The molecule has 1 rings (SSSR count). The first-order valence-electron chi connectivity index (χ1n) is 3.67. The van der Waals surface area contributed by atoms with Crippen molar-refractivity contribution in [3.8, 4) is 5.75 Å². The third-order valence-electron chi connectivity index (χ3n) is 1.35. The van der Waals surface area contributed by atoms with Crippen molar-refractivity contribution in [2.45, 2.75) is 6.42 Å². The van der Waals surface area contributed by atoms with Gasteiger partial charge in [0.1, 0.15) is 5.82 Å². The van der Waals surface area contributed by atoms with E-state index in [9.17, 15) is 13.6 Å². The molecular weight excluding hydrogens is 178 g/mol. The van der Waals surface area contributed by atoms with Crippen molar-refractivity contribution in [3.63, 3.8) is 0 Å². The van der Waals surface area contributed by atoms with E-state index in [1.807, 2.05) is 0 Å². The van der Waals surface area contributed by atoms with Gasteiger partial charge < -0.3 is 4.74 Å². The van der Waals surface area contributed by atoms with E-state index in [1.165, 1.54) is 0 Å². The summed E-state index contributed by atoms with van der Waals surface area (Å²) in [7, 11) is 0. The second kappa shape index (κ2) is 4.54. The molecule has 0 bridgehead atoms. The van der Waals surface area contributed by atoms with Crippen LogP contribution in [-0.4, -0.2) is 12.9 Å². The van der Waals surface area contributed by atoms with Gasteiger partial charge in [0.25, 0.3) is 0 Å². The maximum absolute atomic E-state index is 12.8. The largest absolute Gasteiger partial charge is 0.490 e. The lowest BCUT2D eigenvalue weighted by atomic mass is 10.3. The molecule has 0 amide bonds. The van der Waals surface area contributed by atoms with E-state index in [-0.39, 0.29) is 18.8 Å². The highest BCUT2D eigenvalue weighted by Gasteiger charge is 2.03. The molecule has 0 aliphatic rings. The number of ether oxygens (including phenoxy) is 1. The first kappa shape index (κ1) is 9.64. The highest BCUT2D eigenvalue weighted by molar-refractivity contribution is 5.50. The average molecular weight is 185 g/mol. The van der Waals surface area contributed by atoms with Crippen LogP contribution in [0.15, 0.2) is 18.2 Å². The van der Waals surface area contributed by atoms with E-state index in [1.54, 1.807) is 6.29 Å². The molecule has 0 heterocycles. The summed E-state index contributed by atoms with van der Waals surface area (Å²) < 4.78 is 30.1. The van der Waals surface area contributed by atoms with Crippen molar-refractivity contribution < 1.29 is 18.3 Å². The van der Waals surface area contributed by atoms with Crippen LogP contribution in [0.4, 0.5) is 8.78 Å². The summed E-state index contributed by atoms with van der Waals surface area (Å²) in [5, 5.41) is 0. The predicted molar refractivity (Wildman–Crippen MR) is 42.2 cm³/mol. The van der Waals surface area contributed by atoms with E-state index >= 15 is 0 Å². The van der Waals surface area contributed by atoms with Crippen molar-refractivity contribution in [2.75, 3.05) is 6.61 Å². The summed E-state index contributed by atoms with van der Waals surface area (Å²) in [6.45, 7) is 0.00384. The van der Waals surface area contributed by atoms with Crippen LogP contribution in [0.1, 0.15) is 6.42 Å². The molecule has 0 spiro atoms. The summed E-state index contributed by atoms with van der Waals surface area (Å²) in [6.07, 6.45) is 1.62. The predicted octanol–water partition coefficient (Wildman–Crippen LogP) is 1.84. The van der Waals surface area contributed by atoms with Gasteiger partial charge >= 0.3 is 0 Å². The number of benzene rings is 1. The molecule has 0 saturated heterocycles. The fourth-order valence-electron chi connectivity index (χ4n) is 0.790. The molecule has 1 aromatic carbocycles. The van der Waals surface area contributed by atoms with Crippen LogP contribution in [0.25, 0.3) is 0 Å². The SMILES string of the molecule is O=[C]CCOc1cc(F)ccc1F. The third kappa shape index (κ3) is 2.82. The van der Waals surface area contributed by atoms with Crippen LogP contribution in [0, 0.1) is 11.6 Å². The lowest BCUT2D eigenvalue weighted by Crippen LogP contribution is -1.99. The molecule has 0 fully saturated rings. The van der Waals surface area contributed by atoms with E-state index in [4.69, 9.17) is 4.74 Å². The van der Waals surface area contributed by atoms with Gasteiger partial charge in [-0.3, -0.25) is 4.79 Å². The van der Waals surface area contributed by atoms with Gasteiger partial charge in [0.2, 0.25) is 6.29 Å². The first-order valence-corrected chi connectivity index (χ1v) is 3.67. The van der Waals surface area contributed by atoms with Gasteiger partial charge in [-0.15, -0.1) is 0 Å². The minimum atomic E-state index is -0.646.